The Morgan fingerprint density at radius 2 is 2.53 bits per heavy atom. The molecular weight excluding hydrogens is 244 g/mol. The van der Waals surface area contributed by atoms with E-state index in [4.69, 9.17) is 4.74 Å². The minimum absolute atomic E-state index is 0.0349. The van der Waals surface area contributed by atoms with Gasteiger partial charge in [0.15, 0.2) is 0 Å². The molecule has 17 heavy (non-hydrogen) atoms. The summed E-state index contributed by atoms with van der Waals surface area (Å²) in [5, 5.41) is 14.2. The van der Waals surface area contributed by atoms with Gasteiger partial charge in [-0.1, -0.05) is 13.3 Å². The monoisotopic (exact) mass is 258 g/mol. The van der Waals surface area contributed by atoms with E-state index in [1.165, 1.54) is 17.5 Å². The van der Waals surface area contributed by atoms with Crippen molar-refractivity contribution in [1.29, 1.82) is 0 Å². The van der Waals surface area contributed by atoms with E-state index in [1.807, 2.05) is 11.8 Å². The standard InChI is InChI=1S/C9H14N4O3S/c1-2-3-4-17-6-7-5-12-9(16-7)10-8(11-12)13(14)15/h7H,2-6H2,1H3/t7-/m0/s1. The Morgan fingerprint density at radius 1 is 1.71 bits per heavy atom. The molecule has 0 fully saturated rings. The lowest BCUT2D eigenvalue weighted by molar-refractivity contribution is -0.394. The minimum atomic E-state index is -0.611. The first kappa shape index (κ1) is 12.2. The smallest absolute Gasteiger partial charge is 0.444 e. The predicted octanol–water partition coefficient (Wildman–Crippen LogP) is 1.48. The molecule has 1 atom stereocenters. The Kier molecular flexibility index (Phi) is 3.82. The van der Waals surface area contributed by atoms with Crippen LogP contribution in [0.5, 0.6) is 6.01 Å². The van der Waals surface area contributed by atoms with E-state index in [-0.39, 0.29) is 12.1 Å². The van der Waals surface area contributed by atoms with Crippen LogP contribution in [0, 0.1) is 10.1 Å². The third-order valence-corrected chi connectivity index (χ3v) is 3.57. The Morgan fingerprint density at radius 3 is 3.18 bits per heavy atom. The number of rotatable bonds is 6. The first-order valence-electron chi connectivity index (χ1n) is 5.54. The van der Waals surface area contributed by atoms with Crippen LogP contribution >= 0.6 is 11.8 Å². The largest absolute Gasteiger partial charge is 0.494 e. The lowest BCUT2D eigenvalue weighted by Gasteiger charge is -2.06. The normalized spacial score (nSPS) is 17.8. The average molecular weight is 258 g/mol. The van der Waals surface area contributed by atoms with Crippen LogP contribution in [0.3, 0.4) is 0 Å². The second-order valence-corrected chi connectivity index (χ2v) is 4.95. The van der Waals surface area contributed by atoms with Gasteiger partial charge in [-0.2, -0.15) is 11.8 Å². The maximum absolute atomic E-state index is 10.4. The summed E-state index contributed by atoms with van der Waals surface area (Å²) in [6.07, 6.45) is 2.42. The van der Waals surface area contributed by atoms with Gasteiger partial charge in [-0.15, -0.1) is 4.68 Å². The molecule has 1 aliphatic heterocycles. The number of aromatic nitrogens is 3. The SMILES string of the molecule is CCCCSC[C@@H]1Cn2nc([N+](=O)[O-])nc2O1. The van der Waals surface area contributed by atoms with Crippen molar-refractivity contribution in [3.8, 4) is 6.01 Å². The highest BCUT2D eigenvalue weighted by atomic mass is 32.2. The molecule has 1 aromatic heterocycles. The maximum Gasteiger partial charge on any atom is 0.494 e. The molecule has 0 aliphatic carbocycles. The summed E-state index contributed by atoms with van der Waals surface area (Å²) in [6, 6.07) is 0.262. The van der Waals surface area contributed by atoms with Crippen molar-refractivity contribution in [2.24, 2.45) is 0 Å². The summed E-state index contributed by atoms with van der Waals surface area (Å²) in [5.41, 5.74) is 0. The summed E-state index contributed by atoms with van der Waals surface area (Å²) in [6.45, 7) is 2.71. The fourth-order valence-corrected chi connectivity index (χ4v) is 2.62. The van der Waals surface area contributed by atoms with Crippen molar-refractivity contribution in [3.63, 3.8) is 0 Å². The third kappa shape index (κ3) is 2.87. The van der Waals surface area contributed by atoms with Gasteiger partial charge >= 0.3 is 12.0 Å². The van der Waals surface area contributed by atoms with Crippen LogP contribution in [0.25, 0.3) is 0 Å². The van der Waals surface area contributed by atoms with E-state index in [2.05, 4.69) is 17.0 Å². The van der Waals surface area contributed by atoms with Crippen LogP contribution in [0.15, 0.2) is 0 Å². The topological polar surface area (TPSA) is 83.1 Å². The van der Waals surface area contributed by atoms with E-state index in [0.29, 0.717) is 6.54 Å². The summed E-state index contributed by atoms with van der Waals surface area (Å²) in [4.78, 5) is 13.5. The molecular formula is C9H14N4O3S. The number of nitrogens with zero attached hydrogens (tertiary/aromatic N) is 4. The highest BCUT2D eigenvalue weighted by Crippen LogP contribution is 2.23. The summed E-state index contributed by atoms with van der Waals surface area (Å²) in [7, 11) is 0. The molecule has 0 N–H and O–H groups in total. The number of hydrogen-bond donors (Lipinski definition) is 0. The van der Waals surface area contributed by atoms with Gasteiger partial charge in [-0.25, -0.2) is 0 Å². The van der Waals surface area contributed by atoms with Gasteiger partial charge in [0.2, 0.25) is 0 Å². The second kappa shape index (κ2) is 5.35. The van der Waals surface area contributed by atoms with Crippen molar-refractivity contribution in [2.45, 2.75) is 32.4 Å². The second-order valence-electron chi connectivity index (χ2n) is 3.80. The van der Waals surface area contributed by atoms with Crippen molar-refractivity contribution in [3.05, 3.63) is 10.1 Å². The Labute approximate surface area is 103 Å². The molecule has 0 unspecified atom stereocenters. The molecule has 7 nitrogen and oxygen atoms in total. The zero-order chi connectivity index (χ0) is 12.3. The molecule has 0 radical (unpaired) electrons. The molecule has 0 saturated heterocycles. The zero-order valence-electron chi connectivity index (χ0n) is 9.53. The lowest BCUT2D eigenvalue weighted by Crippen LogP contribution is -2.18. The number of hydrogen-bond acceptors (Lipinski definition) is 6. The highest BCUT2D eigenvalue weighted by molar-refractivity contribution is 7.99. The van der Waals surface area contributed by atoms with E-state index < -0.39 is 10.9 Å². The van der Waals surface area contributed by atoms with Crippen molar-refractivity contribution < 1.29 is 9.66 Å². The van der Waals surface area contributed by atoms with Crippen LogP contribution in [-0.4, -0.2) is 37.3 Å². The fourth-order valence-electron chi connectivity index (χ4n) is 1.53. The van der Waals surface area contributed by atoms with Crippen molar-refractivity contribution in [2.75, 3.05) is 11.5 Å². The predicted molar refractivity (Wildman–Crippen MR) is 63.3 cm³/mol. The number of ether oxygens (including phenoxy) is 1. The van der Waals surface area contributed by atoms with Gasteiger partial charge in [0.05, 0.1) is 0 Å². The van der Waals surface area contributed by atoms with E-state index in [9.17, 15) is 10.1 Å². The van der Waals surface area contributed by atoms with E-state index >= 15 is 0 Å². The van der Waals surface area contributed by atoms with Gasteiger partial charge < -0.3 is 14.9 Å². The van der Waals surface area contributed by atoms with Crippen LogP contribution in [-0.2, 0) is 6.54 Å². The van der Waals surface area contributed by atoms with Gasteiger partial charge in [0.25, 0.3) is 0 Å². The number of thioether (sulfide) groups is 1. The van der Waals surface area contributed by atoms with Gasteiger partial charge in [-0.3, -0.25) is 0 Å². The molecule has 94 valence electrons. The van der Waals surface area contributed by atoms with Gasteiger partial charge in [0.1, 0.15) is 12.6 Å². The number of unbranched alkanes of at least 4 members (excludes halogenated alkanes) is 1. The first-order valence-corrected chi connectivity index (χ1v) is 6.69. The molecule has 0 bridgehead atoms. The summed E-state index contributed by atoms with van der Waals surface area (Å²) >= 11 is 1.83. The van der Waals surface area contributed by atoms with Crippen LogP contribution in [0.2, 0.25) is 0 Å². The number of nitro groups is 1. The Bertz CT molecular complexity index is 385. The van der Waals surface area contributed by atoms with E-state index in [0.717, 1.165) is 11.5 Å². The molecule has 0 saturated carbocycles. The quantitative estimate of drug-likeness (QED) is 0.436. The molecule has 2 heterocycles. The van der Waals surface area contributed by atoms with Crippen LogP contribution < -0.4 is 4.74 Å². The minimum Gasteiger partial charge on any atom is -0.444 e. The van der Waals surface area contributed by atoms with Crippen LogP contribution in [0.4, 0.5) is 5.95 Å². The zero-order valence-corrected chi connectivity index (χ0v) is 10.4. The molecule has 0 amide bonds. The first-order chi connectivity index (χ1) is 8.20. The fraction of sp³-hybridized carbons (Fsp3) is 0.778. The van der Waals surface area contributed by atoms with Gasteiger partial charge in [0, 0.05) is 10.9 Å². The number of fused-ring (bicyclic) bond motifs is 1. The lowest BCUT2D eigenvalue weighted by atomic mass is 10.4. The van der Waals surface area contributed by atoms with Gasteiger partial charge in [-0.05, 0) is 22.1 Å². The maximum atomic E-state index is 10.4. The van der Waals surface area contributed by atoms with Crippen molar-refractivity contribution >= 4 is 17.7 Å². The third-order valence-electron chi connectivity index (χ3n) is 2.38. The molecule has 1 aliphatic rings. The Balaban J connectivity index is 1.81. The molecule has 0 aromatic carbocycles. The van der Waals surface area contributed by atoms with Crippen LogP contribution in [0.1, 0.15) is 19.8 Å². The highest BCUT2D eigenvalue weighted by Gasteiger charge is 2.33. The molecule has 2 rings (SSSR count). The summed E-state index contributed by atoms with van der Waals surface area (Å²) in [5.74, 6) is 1.60. The van der Waals surface area contributed by atoms with Crippen molar-refractivity contribution in [1.82, 2.24) is 14.8 Å². The Hall–Kier alpha value is -1.31. The van der Waals surface area contributed by atoms with E-state index in [1.54, 1.807) is 0 Å². The molecule has 8 heteroatoms. The molecule has 1 aromatic rings. The summed E-state index contributed by atoms with van der Waals surface area (Å²) < 4.78 is 6.94. The average Bonchev–Trinajstić information content (AvgIpc) is 2.81. The molecule has 0 spiro atoms.